The molecule has 4 rings (SSSR count). The molecule has 162 valence electrons. The number of morpholine rings is 1. The van der Waals surface area contributed by atoms with Gasteiger partial charge in [-0.15, -0.1) is 11.3 Å². The van der Waals surface area contributed by atoms with Gasteiger partial charge in [-0.2, -0.15) is 0 Å². The summed E-state index contributed by atoms with van der Waals surface area (Å²) in [5.41, 5.74) is 2.65. The number of hydrogen-bond donors (Lipinski definition) is 2. The van der Waals surface area contributed by atoms with Gasteiger partial charge in [0.2, 0.25) is 0 Å². The number of hydrogen-bond acceptors (Lipinski definition) is 5. The largest absolute Gasteiger partial charge is 0.379 e. The molecule has 0 aliphatic carbocycles. The van der Waals surface area contributed by atoms with Gasteiger partial charge in [0, 0.05) is 52.4 Å². The van der Waals surface area contributed by atoms with Crippen LogP contribution < -0.4 is 15.5 Å². The molecule has 1 aromatic heterocycles. The van der Waals surface area contributed by atoms with Gasteiger partial charge in [0.1, 0.15) is 0 Å². The zero-order valence-electron chi connectivity index (χ0n) is 17.8. The van der Waals surface area contributed by atoms with Crippen molar-refractivity contribution in [3.05, 3.63) is 52.9 Å². The van der Waals surface area contributed by atoms with Crippen molar-refractivity contribution in [1.29, 1.82) is 0 Å². The Bertz CT molecular complexity index is 796. The Kier molecular flexibility index (Phi) is 7.61. The molecule has 0 amide bonds. The SMILES string of the molecule is CN=C(NCc1cccc(CN2CCOCC2)c1)NC1CCN(c2cccs2)CC1. The molecular formula is C23H33N5OS. The maximum absolute atomic E-state index is 5.45. The van der Waals surface area contributed by atoms with E-state index in [1.54, 1.807) is 0 Å². The zero-order valence-corrected chi connectivity index (χ0v) is 18.7. The lowest BCUT2D eigenvalue weighted by atomic mass is 10.1. The lowest BCUT2D eigenvalue weighted by Gasteiger charge is -2.33. The number of ether oxygens (including phenoxy) is 1. The number of piperidine rings is 1. The monoisotopic (exact) mass is 427 g/mol. The first-order valence-corrected chi connectivity index (χ1v) is 11.8. The maximum Gasteiger partial charge on any atom is 0.191 e. The quantitative estimate of drug-likeness (QED) is 0.548. The molecule has 0 atom stereocenters. The second-order valence-electron chi connectivity index (χ2n) is 7.99. The maximum atomic E-state index is 5.45. The molecule has 0 unspecified atom stereocenters. The van der Waals surface area contributed by atoms with Crippen LogP contribution in [0.1, 0.15) is 24.0 Å². The first-order valence-electron chi connectivity index (χ1n) is 10.9. The van der Waals surface area contributed by atoms with Crippen molar-refractivity contribution in [3.63, 3.8) is 0 Å². The van der Waals surface area contributed by atoms with E-state index in [0.717, 1.165) is 71.3 Å². The third-order valence-electron chi connectivity index (χ3n) is 5.84. The summed E-state index contributed by atoms with van der Waals surface area (Å²) in [4.78, 5) is 9.39. The van der Waals surface area contributed by atoms with E-state index in [1.165, 1.54) is 16.1 Å². The molecule has 7 heteroatoms. The molecule has 6 nitrogen and oxygen atoms in total. The highest BCUT2D eigenvalue weighted by atomic mass is 32.1. The van der Waals surface area contributed by atoms with Crippen LogP contribution in [0.15, 0.2) is 46.8 Å². The highest BCUT2D eigenvalue weighted by molar-refractivity contribution is 7.14. The van der Waals surface area contributed by atoms with Crippen LogP contribution in [-0.2, 0) is 17.8 Å². The molecule has 1 aromatic carbocycles. The lowest BCUT2D eigenvalue weighted by molar-refractivity contribution is 0.0342. The Balaban J connectivity index is 1.23. The van der Waals surface area contributed by atoms with E-state index in [9.17, 15) is 0 Å². The van der Waals surface area contributed by atoms with Crippen LogP contribution in [0.3, 0.4) is 0 Å². The second-order valence-corrected chi connectivity index (χ2v) is 8.92. The van der Waals surface area contributed by atoms with Crippen molar-refractivity contribution in [1.82, 2.24) is 15.5 Å². The normalized spacial score (nSPS) is 19.1. The molecule has 30 heavy (non-hydrogen) atoms. The molecule has 2 N–H and O–H groups in total. The van der Waals surface area contributed by atoms with Crippen LogP contribution in [0.5, 0.6) is 0 Å². The molecule has 2 fully saturated rings. The molecule has 0 saturated carbocycles. The Hall–Kier alpha value is -2.09. The minimum atomic E-state index is 0.472. The molecule has 2 aliphatic rings. The fourth-order valence-electron chi connectivity index (χ4n) is 4.12. The van der Waals surface area contributed by atoms with Gasteiger partial charge in [0.15, 0.2) is 5.96 Å². The highest BCUT2D eigenvalue weighted by Gasteiger charge is 2.20. The summed E-state index contributed by atoms with van der Waals surface area (Å²) < 4.78 is 5.45. The van der Waals surface area contributed by atoms with Crippen molar-refractivity contribution in [2.75, 3.05) is 51.3 Å². The number of aliphatic imine (C=N–C) groups is 1. The number of rotatable bonds is 6. The highest BCUT2D eigenvalue weighted by Crippen LogP contribution is 2.24. The summed E-state index contributed by atoms with van der Waals surface area (Å²) in [5, 5.41) is 10.6. The number of guanidine groups is 1. The standard InChI is InChI=1S/C23H33N5OS/c1-24-23(26-21-7-9-28(10-8-21)22-6-3-15-30-22)25-17-19-4-2-5-20(16-19)18-27-11-13-29-14-12-27/h2-6,15-16,21H,7-14,17-18H2,1H3,(H2,24,25,26). The molecule has 0 bridgehead atoms. The van der Waals surface area contributed by atoms with Crippen molar-refractivity contribution >= 4 is 22.3 Å². The van der Waals surface area contributed by atoms with Gasteiger partial charge < -0.3 is 20.3 Å². The van der Waals surface area contributed by atoms with E-state index in [1.807, 2.05) is 18.4 Å². The van der Waals surface area contributed by atoms with Crippen LogP contribution in [-0.4, -0.2) is 63.3 Å². The Morgan fingerprint density at radius 2 is 1.90 bits per heavy atom. The summed E-state index contributed by atoms with van der Waals surface area (Å²) in [6.45, 7) is 7.69. The minimum Gasteiger partial charge on any atom is -0.379 e. The Labute approximate surface area is 183 Å². The van der Waals surface area contributed by atoms with E-state index in [-0.39, 0.29) is 0 Å². The molecule has 2 saturated heterocycles. The lowest BCUT2D eigenvalue weighted by Crippen LogP contribution is -2.48. The predicted molar refractivity (Wildman–Crippen MR) is 125 cm³/mol. The number of thiophene rings is 1. The van der Waals surface area contributed by atoms with Gasteiger partial charge in [0.25, 0.3) is 0 Å². The zero-order chi connectivity index (χ0) is 20.6. The Morgan fingerprint density at radius 3 is 2.63 bits per heavy atom. The number of nitrogens with zero attached hydrogens (tertiary/aromatic N) is 3. The topological polar surface area (TPSA) is 52.1 Å². The van der Waals surface area contributed by atoms with Gasteiger partial charge in [-0.25, -0.2) is 0 Å². The number of benzene rings is 1. The molecular weight excluding hydrogens is 394 g/mol. The van der Waals surface area contributed by atoms with Crippen LogP contribution in [0.4, 0.5) is 5.00 Å². The van der Waals surface area contributed by atoms with E-state index in [0.29, 0.717) is 6.04 Å². The predicted octanol–water partition coefficient (Wildman–Crippen LogP) is 2.91. The summed E-state index contributed by atoms with van der Waals surface area (Å²) in [5.74, 6) is 0.892. The molecule has 2 aromatic rings. The van der Waals surface area contributed by atoms with Crippen LogP contribution in [0.25, 0.3) is 0 Å². The number of anilines is 1. The summed E-state index contributed by atoms with van der Waals surface area (Å²) in [6.07, 6.45) is 2.27. The van der Waals surface area contributed by atoms with Crippen LogP contribution >= 0.6 is 11.3 Å². The van der Waals surface area contributed by atoms with Crippen LogP contribution in [0.2, 0.25) is 0 Å². The van der Waals surface area contributed by atoms with Gasteiger partial charge in [0.05, 0.1) is 18.2 Å². The minimum absolute atomic E-state index is 0.472. The van der Waals surface area contributed by atoms with Crippen molar-refractivity contribution < 1.29 is 4.74 Å². The van der Waals surface area contributed by atoms with E-state index in [4.69, 9.17) is 4.74 Å². The molecule has 3 heterocycles. The van der Waals surface area contributed by atoms with Gasteiger partial charge in [-0.3, -0.25) is 9.89 Å². The van der Waals surface area contributed by atoms with Gasteiger partial charge in [-0.1, -0.05) is 24.3 Å². The smallest absolute Gasteiger partial charge is 0.191 e. The second kappa shape index (κ2) is 10.8. The average molecular weight is 428 g/mol. The van der Waals surface area contributed by atoms with Crippen molar-refractivity contribution in [2.45, 2.75) is 32.0 Å². The van der Waals surface area contributed by atoms with E-state index >= 15 is 0 Å². The molecule has 0 radical (unpaired) electrons. The third-order valence-corrected chi connectivity index (χ3v) is 6.77. The fraction of sp³-hybridized carbons (Fsp3) is 0.522. The van der Waals surface area contributed by atoms with Gasteiger partial charge in [-0.05, 0) is 41.5 Å². The van der Waals surface area contributed by atoms with Crippen molar-refractivity contribution in [2.24, 2.45) is 4.99 Å². The first kappa shape index (κ1) is 21.2. The summed E-state index contributed by atoms with van der Waals surface area (Å²) in [6, 6.07) is 13.7. The molecule has 0 spiro atoms. The van der Waals surface area contributed by atoms with Crippen LogP contribution in [0, 0.1) is 0 Å². The van der Waals surface area contributed by atoms with E-state index in [2.05, 4.69) is 67.2 Å². The van der Waals surface area contributed by atoms with Gasteiger partial charge >= 0.3 is 0 Å². The van der Waals surface area contributed by atoms with E-state index < -0.39 is 0 Å². The number of nitrogens with one attached hydrogen (secondary N) is 2. The summed E-state index contributed by atoms with van der Waals surface area (Å²) >= 11 is 1.83. The van der Waals surface area contributed by atoms with Crippen molar-refractivity contribution in [3.8, 4) is 0 Å². The first-order chi connectivity index (χ1) is 14.8. The average Bonchev–Trinajstić information content (AvgIpc) is 3.33. The molecule has 2 aliphatic heterocycles. The third kappa shape index (κ3) is 5.97. The Morgan fingerprint density at radius 1 is 1.10 bits per heavy atom. The fourth-order valence-corrected chi connectivity index (χ4v) is 4.91. The summed E-state index contributed by atoms with van der Waals surface area (Å²) in [7, 11) is 1.85.